The van der Waals surface area contributed by atoms with E-state index in [1.807, 2.05) is 0 Å². The molecule has 19 heavy (non-hydrogen) atoms. The van der Waals surface area contributed by atoms with E-state index in [1.54, 1.807) is 0 Å². The maximum atomic E-state index is 6.73. The molecule has 0 bridgehead atoms. The first kappa shape index (κ1) is 13.5. The summed E-state index contributed by atoms with van der Waals surface area (Å²) in [4.78, 5) is 1.49. The van der Waals surface area contributed by atoms with Crippen LogP contribution < -0.4 is 5.73 Å². The number of nitrogens with two attached hydrogens (primary N) is 1. The Morgan fingerprint density at radius 3 is 2.47 bits per heavy atom. The molecule has 1 saturated carbocycles. The van der Waals surface area contributed by atoms with Crippen LogP contribution in [0.25, 0.3) is 0 Å². The molecule has 1 aromatic rings. The minimum atomic E-state index is 0.111. The largest absolute Gasteiger partial charge is 0.325 e. The first-order valence-electron chi connectivity index (χ1n) is 7.79. The van der Waals surface area contributed by atoms with Gasteiger partial charge in [0.1, 0.15) is 0 Å². The summed E-state index contributed by atoms with van der Waals surface area (Å²) in [6.07, 6.45) is 11.8. The van der Waals surface area contributed by atoms with E-state index in [0.29, 0.717) is 5.25 Å². The van der Waals surface area contributed by atoms with E-state index in [9.17, 15) is 0 Å². The second kappa shape index (κ2) is 5.88. The molecule has 1 heterocycles. The van der Waals surface area contributed by atoms with Gasteiger partial charge in [0, 0.05) is 15.7 Å². The van der Waals surface area contributed by atoms with Crippen molar-refractivity contribution in [2.24, 2.45) is 5.73 Å². The zero-order valence-corrected chi connectivity index (χ0v) is 12.6. The van der Waals surface area contributed by atoms with Gasteiger partial charge < -0.3 is 5.73 Å². The van der Waals surface area contributed by atoms with Crippen LogP contribution >= 0.6 is 11.8 Å². The number of rotatable bonds is 2. The average molecular weight is 275 g/mol. The topological polar surface area (TPSA) is 26.0 Å². The average Bonchev–Trinajstić information content (AvgIpc) is 2.76. The van der Waals surface area contributed by atoms with Crippen LogP contribution in [0.4, 0.5) is 0 Å². The molecule has 1 atom stereocenters. The summed E-state index contributed by atoms with van der Waals surface area (Å²) in [6.45, 7) is 0. The van der Waals surface area contributed by atoms with Crippen molar-refractivity contribution in [3.05, 3.63) is 29.8 Å². The monoisotopic (exact) mass is 275 g/mol. The van der Waals surface area contributed by atoms with Crippen LogP contribution in [0, 0.1) is 0 Å². The van der Waals surface area contributed by atoms with Crippen molar-refractivity contribution < 1.29 is 0 Å². The Morgan fingerprint density at radius 2 is 1.74 bits per heavy atom. The van der Waals surface area contributed by atoms with E-state index >= 15 is 0 Å². The van der Waals surface area contributed by atoms with E-state index in [0.717, 1.165) is 0 Å². The van der Waals surface area contributed by atoms with Crippen molar-refractivity contribution >= 4 is 11.8 Å². The highest BCUT2D eigenvalue weighted by molar-refractivity contribution is 8.00. The molecule has 1 nitrogen and oxygen atoms in total. The third kappa shape index (κ3) is 3.35. The Labute approximate surface area is 121 Å². The fourth-order valence-corrected chi connectivity index (χ4v) is 5.13. The third-order valence-electron chi connectivity index (χ3n) is 4.70. The molecule has 2 heteroatoms. The number of benzene rings is 1. The molecule has 2 N–H and O–H groups in total. The summed E-state index contributed by atoms with van der Waals surface area (Å²) in [5.74, 6) is 0. The molecule has 1 fully saturated rings. The van der Waals surface area contributed by atoms with Crippen molar-refractivity contribution in [1.29, 1.82) is 0 Å². The molecule has 3 rings (SSSR count). The summed E-state index contributed by atoms with van der Waals surface area (Å²) >= 11 is 2.06. The molecule has 0 aromatic heterocycles. The lowest BCUT2D eigenvalue weighted by Crippen LogP contribution is -2.42. The molecule has 104 valence electrons. The SMILES string of the molecule is NC1(CC2Cc3ccccc3S2)CCCCCCC1. The van der Waals surface area contributed by atoms with Gasteiger partial charge in [-0.1, -0.05) is 50.3 Å². The van der Waals surface area contributed by atoms with Crippen LogP contribution in [0.3, 0.4) is 0 Å². The molecular formula is C17H25NS. The maximum absolute atomic E-state index is 6.73. The van der Waals surface area contributed by atoms with Crippen molar-refractivity contribution in [2.75, 3.05) is 0 Å². The Bertz CT molecular complexity index is 396. The van der Waals surface area contributed by atoms with Gasteiger partial charge in [0.05, 0.1) is 0 Å². The van der Waals surface area contributed by atoms with Crippen molar-refractivity contribution in [3.63, 3.8) is 0 Å². The van der Waals surface area contributed by atoms with Gasteiger partial charge in [-0.3, -0.25) is 0 Å². The minimum absolute atomic E-state index is 0.111. The van der Waals surface area contributed by atoms with Gasteiger partial charge in [0.25, 0.3) is 0 Å². The van der Waals surface area contributed by atoms with Gasteiger partial charge in [-0.25, -0.2) is 0 Å². The molecule has 0 radical (unpaired) electrons. The lowest BCUT2D eigenvalue weighted by molar-refractivity contribution is 0.295. The van der Waals surface area contributed by atoms with Crippen molar-refractivity contribution in [2.45, 2.75) is 73.5 Å². The number of hydrogen-bond acceptors (Lipinski definition) is 2. The fourth-order valence-electron chi connectivity index (χ4n) is 3.63. The van der Waals surface area contributed by atoms with Crippen LogP contribution in [0.15, 0.2) is 29.2 Å². The molecular weight excluding hydrogens is 250 g/mol. The van der Waals surface area contributed by atoms with Crippen LogP contribution in [0.2, 0.25) is 0 Å². The highest BCUT2D eigenvalue weighted by atomic mass is 32.2. The molecule has 1 unspecified atom stereocenters. The molecule has 0 spiro atoms. The molecule has 0 saturated heterocycles. The normalized spacial score (nSPS) is 26.5. The van der Waals surface area contributed by atoms with Gasteiger partial charge in [-0.15, -0.1) is 11.8 Å². The van der Waals surface area contributed by atoms with E-state index < -0.39 is 0 Å². The van der Waals surface area contributed by atoms with E-state index in [-0.39, 0.29) is 5.54 Å². The van der Waals surface area contributed by atoms with Gasteiger partial charge >= 0.3 is 0 Å². The Hall–Kier alpha value is -0.470. The van der Waals surface area contributed by atoms with Gasteiger partial charge in [-0.2, -0.15) is 0 Å². The quantitative estimate of drug-likeness (QED) is 0.858. The van der Waals surface area contributed by atoms with Crippen LogP contribution in [0.1, 0.15) is 56.9 Å². The molecule has 1 aliphatic heterocycles. The molecule has 1 aliphatic carbocycles. The minimum Gasteiger partial charge on any atom is -0.325 e. The highest BCUT2D eigenvalue weighted by Crippen LogP contribution is 2.41. The summed E-state index contributed by atoms with van der Waals surface area (Å²) in [5.41, 5.74) is 8.38. The molecule has 0 amide bonds. The van der Waals surface area contributed by atoms with Crippen LogP contribution in [-0.2, 0) is 6.42 Å². The summed E-state index contributed by atoms with van der Waals surface area (Å²) < 4.78 is 0. The third-order valence-corrected chi connectivity index (χ3v) is 6.02. The predicted molar refractivity (Wildman–Crippen MR) is 83.6 cm³/mol. The lowest BCUT2D eigenvalue weighted by Gasteiger charge is -2.33. The summed E-state index contributed by atoms with van der Waals surface area (Å²) in [6, 6.07) is 8.86. The fraction of sp³-hybridized carbons (Fsp3) is 0.647. The maximum Gasteiger partial charge on any atom is 0.0165 e. The smallest absolute Gasteiger partial charge is 0.0165 e. The van der Waals surface area contributed by atoms with E-state index in [1.165, 1.54) is 68.2 Å². The zero-order chi connectivity index (χ0) is 13.1. The second-order valence-electron chi connectivity index (χ2n) is 6.39. The highest BCUT2D eigenvalue weighted by Gasteiger charge is 2.32. The van der Waals surface area contributed by atoms with Crippen molar-refractivity contribution in [1.82, 2.24) is 0 Å². The first-order valence-corrected chi connectivity index (χ1v) is 8.67. The molecule has 2 aliphatic rings. The van der Waals surface area contributed by atoms with E-state index in [4.69, 9.17) is 5.73 Å². The predicted octanol–water partition coefficient (Wildman–Crippen LogP) is 4.54. The Balaban J connectivity index is 1.62. The zero-order valence-electron chi connectivity index (χ0n) is 11.7. The number of thioether (sulfide) groups is 1. The molecule has 1 aromatic carbocycles. The summed E-state index contributed by atoms with van der Waals surface area (Å²) in [7, 11) is 0. The Morgan fingerprint density at radius 1 is 1.05 bits per heavy atom. The van der Waals surface area contributed by atoms with Crippen LogP contribution in [0.5, 0.6) is 0 Å². The van der Waals surface area contributed by atoms with E-state index in [2.05, 4.69) is 36.0 Å². The van der Waals surface area contributed by atoms with Gasteiger partial charge in [0.2, 0.25) is 0 Å². The summed E-state index contributed by atoms with van der Waals surface area (Å²) in [5, 5.41) is 0.710. The van der Waals surface area contributed by atoms with Crippen LogP contribution in [-0.4, -0.2) is 10.8 Å². The number of fused-ring (bicyclic) bond motifs is 1. The standard InChI is InChI=1S/C17H25NS/c18-17(10-6-2-1-3-7-11-17)13-15-12-14-8-4-5-9-16(14)19-15/h4-5,8-9,15H,1-3,6-7,10-13,18H2. The van der Waals surface area contributed by atoms with Gasteiger partial charge in [-0.05, 0) is 37.3 Å². The second-order valence-corrected chi connectivity index (χ2v) is 7.73. The van der Waals surface area contributed by atoms with Gasteiger partial charge in [0.15, 0.2) is 0 Å². The Kier molecular flexibility index (Phi) is 4.18. The number of hydrogen-bond donors (Lipinski definition) is 1. The first-order chi connectivity index (χ1) is 9.25. The lowest BCUT2D eigenvalue weighted by atomic mass is 9.81. The van der Waals surface area contributed by atoms with Crippen molar-refractivity contribution in [3.8, 4) is 0 Å².